The molecule has 1 aromatic carbocycles. The Morgan fingerprint density at radius 3 is 2.73 bits per heavy atom. The predicted molar refractivity (Wildman–Crippen MR) is 174 cm³/mol. The van der Waals surface area contributed by atoms with Crippen LogP contribution in [0.1, 0.15) is 48.2 Å². The number of fused-ring (bicyclic) bond motifs is 5. The van der Waals surface area contributed by atoms with Gasteiger partial charge in [-0.15, -0.1) is 0 Å². The van der Waals surface area contributed by atoms with Gasteiger partial charge in [0.2, 0.25) is 5.91 Å². The van der Waals surface area contributed by atoms with Gasteiger partial charge in [0.15, 0.2) is 0 Å². The van der Waals surface area contributed by atoms with Gasteiger partial charge in [-0.25, -0.2) is 4.98 Å². The maximum absolute atomic E-state index is 14.4. The second kappa shape index (κ2) is 10.3. The molecular formula is C35H38N8O2. The van der Waals surface area contributed by atoms with Crippen LogP contribution in [0.2, 0.25) is 0 Å². The number of likely N-dealkylation sites (tertiary alicyclic amines) is 1. The minimum atomic E-state index is -2.30. The first-order valence-electron chi connectivity index (χ1n) is 17.2. The first-order valence-corrected chi connectivity index (χ1v) is 15.7. The number of hydrogen-bond acceptors (Lipinski definition) is 6. The molecule has 5 aromatic rings. The number of amides is 1. The van der Waals surface area contributed by atoms with E-state index in [1.165, 1.54) is 4.57 Å². The number of nitriles is 1. The number of aromatic nitrogens is 5. The average Bonchev–Trinajstić information content (AvgIpc) is 3.83. The van der Waals surface area contributed by atoms with Crippen molar-refractivity contribution in [2.45, 2.75) is 56.0 Å². The molecule has 10 heteroatoms. The fourth-order valence-electron chi connectivity index (χ4n) is 8.19. The third-order valence-corrected chi connectivity index (χ3v) is 10.8. The standard InChI is InChI=1S/C35H38N8O2/c1-40-14-7-23-19-24(5-6-26(23)40)28-29-30-27(21-37-32(29)39-31(28)25-20-38-43(22-25)17-18-45-3)41(2)33(44)35(30)11-15-42(16-12-35)34(10-13-36)8-4-9-34/h5-7,14,19-22H,4,8-12,15-18H2,1-3H3,(H,37,39)/i1D3. The topological polar surface area (TPSA) is 108 Å². The number of rotatable bonds is 7. The van der Waals surface area contributed by atoms with Crippen molar-refractivity contribution in [2.75, 3.05) is 38.8 Å². The van der Waals surface area contributed by atoms with E-state index in [2.05, 4.69) is 21.1 Å². The Kier molecular flexibility index (Phi) is 5.68. The van der Waals surface area contributed by atoms with E-state index >= 15 is 0 Å². The molecule has 1 amide bonds. The van der Waals surface area contributed by atoms with Gasteiger partial charge in [-0.1, -0.05) is 6.07 Å². The van der Waals surface area contributed by atoms with Crippen LogP contribution in [-0.2, 0) is 28.5 Å². The molecule has 2 fully saturated rings. The summed E-state index contributed by atoms with van der Waals surface area (Å²) in [4.78, 5) is 27.1. The Morgan fingerprint density at radius 2 is 2.00 bits per heavy atom. The molecule has 1 spiro atoms. The lowest BCUT2D eigenvalue weighted by molar-refractivity contribution is -0.126. The summed E-state index contributed by atoms with van der Waals surface area (Å²) in [6.07, 6.45) is 12.3. The molecule has 1 N–H and O–H groups in total. The number of anilines is 1. The molecule has 4 aromatic heterocycles. The van der Waals surface area contributed by atoms with E-state index in [9.17, 15) is 10.1 Å². The zero-order valence-electron chi connectivity index (χ0n) is 28.6. The van der Waals surface area contributed by atoms with Crippen molar-refractivity contribution in [3.8, 4) is 28.5 Å². The highest BCUT2D eigenvalue weighted by Crippen LogP contribution is 2.55. The Balaban J connectivity index is 1.32. The van der Waals surface area contributed by atoms with E-state index in [0.717, 1.165) is 76.8 Å². The summed E-state index contributed by atoms with van der Waals surface area (Å²) in [5.74, 6) is 0.0840. The molecule has 3 aliphatic rings. The smallest absolute Gasteiger partial charge is 0.237 e. The minimum absolute atomic E-state index is 0.0732. The number of ether oxygens (including phenoxy) is 1. The number of aryl methyl sites for hydroxylation is 1. The third kappa shape index (κ3) is 4.03. The Hall–Kier alpha value is -4.46. The van der Waals surface area contributed by atoms with Crippen molar-refractivity contribution in [1.29, 1.82) is 5.26 Å². The lowest BCUT2D eigenvalue weighted by Crippen LogP contribution is -2.59. The second-order valence-electron chi connectivity index (χ2n) is 12.9. The summed E-state index contributed by atoms with van der Waals surface area (Å²) in [6.45, 7) is 0.321. The fourth-order valence-corrected chi connectivity index (χ4v) is 8.19. The van der Waals surface area contributed by atoms with Gasteiger partial charge >= 0.3 is 0 Å². The molecule has 0 bridgehead atoms. The normalized spacial score (nSPS) is 20.2. The Labute approximate surface area is 266 Å². The van der Waals surface area contributed by atoms with Crippen LogP contribution in [0.25, 0.3) is 44.3 Å². The van der Waals surface area contributed by atoms with Crippen LogP contribution in [-0.4, -0.2) is 74.5 Å². The molecule has 8 rings (SSSR count). The van der Waals surface area contributed by atoms with Crippen molar-refractivity contribution in [3.63, 3.8) is 0 Å². The predicted octanol–water partition coefficient (Wildman–Crippen LogP) is 5.38. The van der Waals surface area contributed by atoms with Crippen LogP contribution in [0.4, 0.5) is 5.69 Å². The fraction of sp³-hybridized carbons (Fsp3) is 0.429. The van der Waals surface area contributed by atoms with Gasteiger partial charge in [-0.3, -0.25) is 14.4 Å². The first-order chi connectivity index (χ1) is 23.1. The molecule has 1 aliphatic carbocycles. The SMILES string of the molecule is [2H]C([2H])([2H])n1ccc2cc(-c3c(-c4cnn(CCOC)c4)[nH]c4ncc5c(c34)C3(CCN(C4(CC#N)CCC4)CC3)C(=O)N5C)ccc21. The number of piperidine rings is 1. The quantitative estimate of drug-likeness (QED) is 0.267. The highest BCUT2D eigenvalue weighted by molar-refractivity contribution is 6.16. The van der Waals surface area contributed by atoms with Gasteiger partial charge in [0.1, 0.15) is 5.65 Å². The number of pyridine rings is 1. The van der Waals surface area contributed by atoms with E-state index < -0.39 is 12.4 Å². The van der Waals surface area contributed by atoms with E-state index in [4.69, 9.17) is 13.8 Å². The Morgan fingerprint density at radius 1 is 1.16 bits per heavy atom. The Bertz CT molecular complexity index is 2110. The summed E-state index contributed by atoms with van der Waals surface area (Å²) in [6, 6.07) is 10.1. The van der Waals surface area contributed by atoms with Gasteiger partial charge in [-0.2, -0.15) is 10.4 Å². The number of carbonyl (C=O) groups is 1. The van der Waals surface area contributed by atoms with Crippen LogP contribution in [0.3, 0.4) is 0 Å². The molecule has 230 valence electrons. The second-order valence-corrected chi connectivity index (χ2v) is 12.9. The number of nitrogens with one attached hydrogen (secondary N) is 1. The summed E-state index contributed by atoms with van der Waals surface area (Å²) in [5, 5.41) is 15.9. The van der Waals surface area contributed by atoms with Gasteiger partial charge in [0.25, 0.3) is 0 Å². The van der Waals surface area contributed by atoms with Crippen LogP contribution in [0.5, 0.6) is 0 Å². The van der Waals surface area contributed by atoms with Crippen LogP contribution >= 0.6 is 0 Å². The number of H-pyrrole nitrogens is 1. The zero-order chi connectivity index (χ0) is 33.4. The van der Waals surface area contributed by atoms with Crippen molar-refractivity contribution >= 4 is 33.5 Å². The van der Waals surface area contributed by atoms with E-state index in [1.807, 2.05) is 54.6 Å². The van der Waals surface area contributed by atoms with Gasteiger partial charge in [-0.05, 0) is 55.9 Å². The minimum Gasteiger partial charge on any atom is -0.383 e. The van der Waals surface area contributed by atoms with Crippen LogP contribution in [0, 0.1) is 11.3 Å². The number of carbonyl (C=O) groups excluding carboxylic acids is 1. The van der Waals surface area contributed by atoms with E-state index in [-0.39, 0.29) is 11.4 Å². The van der Waals surface area contributed by atoms with Crippen LogP contribution < -0.4 is 4.90 Å². The van der Waals surface area contributed by atoms with Gasteiger partial charge in [0.05, 0.1) is 54.8 Å². The van der Waals surface area contributed by atoms with Crippen molar-refractivity contribution in [3.05, 3.63) is 54.6 Å². The van der Waals surface area contributed by atoms with Crippen LogP contribution in [0.15, 0.2) is 49.1 Å². The van der Waals surface area contributed by atoms with Gasteiger partial charge in [0, 0.05) is 89.2 Å². The van der Waals surface area contributed by atoms with E-state index in [1.54, 1.807) is 18.2 Å². The van der Waals surface area contributed by atoms with Crippen molar-refractivity contribution in [1.82, 2.24) is 29.2 Å². The lowest BCUT2D eigenvalue weighted by atomic mass is 9.68. The molecule has 6 heterocycles. The number of methoxy groups -OCH3 is 1. The highest BCUT2D eigenvalue weighted by Gasteiger charge is 2.55. The number of aromatic amines is 1. The first kappa shape index (κ1) is 24.8. The summed E-state index contributed by atoms with van der Waals surface area (Å²) in [7, 11) is 3.51. The molecule has 2 aliphatic heterocycles. The average molecular weight is 606 g/mol. The molecule has 0 unspecified atom stereocenters. The molecule has 45 heavy (non-hydrogen) atoms. The number of nitrogens with zero attached hydrogens (tertiary/aromatic N) is 7. The maximum atomic E-state index is 14.4. The third-order valence-electron chi connectivity index (χ3n) is 10.8. The van der Waals surface area contributed by atoms with Gasteiger partial charge < -0.3 is 19.2 Å². The van der Waals surface area contributed by atoms with E-state index in [0.29, 0.717) is 43.6 Å². The molecule has 1 saturated carbocycles. The molecule has 10 nitrogen and oxygen atoms in total. The number of hydrogen-bond donors (Lipinski definition) is 1. The lowest BCUT2D eigenvalue weighted by Gasteiger charge is -2.53. The monoisotopic (exact) mass is 605 g/mol. The summed E-state index contributed by atoms with van der Waals surface area (Å²) >= 11 is 0. The molecule has 1 saturated heterocycles. The largest absolute Gasteiger partial charge is 0.383 e. The highest BCUT2D eigenvalue weighted by atomic mass is 16.5. The van der Waals surface area contributed by atoms with Crippen molar-refractivity contribution < 1.29 is 13.6 Å². The molecule has 0 atom stereocenters. The molecular weight excluding hydrogens is 564 g/mol. The van der Waals surface area contributed by atoms with Crippen molar-refractivity contribution in [2.24, 2.45) is 6.98 Å². The summed E-state index contributed by atoms with van der Waals surface area (Å²) in [5.41, 5.74) is 5.82. The maximum Gasteiger partial charge on any atom is 0.237 e. The zero-order valence-corrected chi connectivity index (χ0v) is 25.6. The number of benzene rings is 1. The summed E-state index contributed by atoms with van der Waals surface area (Å²) < 4.78 is 32.4. The molecule has 0 radical (unpaired) electrons. The number of likely N-dealkylation sites (N-methyl/N-ethyl adjacent to an activating group) is 1.